The Labute approximate surface area is 167 Å². The Morgan fingerprint density at radius 2 is 2.04 bits per heavy atom. The minimum atomic E-state index is -0.598. The molecule has 6 nitrogen and oxygen atoms in total. The summed E-state index contributed by atoms with van der Waals surface area (Å²) in [6.45, 7) is 3.38. The third-order valence-electron chi connectivity index (χ3n) is 4.99. The van der Waals surface area contributed by atoms with Crippen LogP contribution in [0.15, 0.2) is 24.3 Å². The van der Waals surface area contributed by atoms with Gasteiger partial charge in [-0.1, -0.05) is 18.5 Å². The number of likely N-dealkylation sites (tertiary alicyclic amines) is 1. The van der Waals surface area contributed by atoms with Gasteiger partial charge in [0, 0.05) is 35.2 Å². The van der Waals surface area contributed by atoms with E-state index in [0.717, 1.165) is 41.3 Å². The largest absolute Gasteiger partial charge is 0.334 e. The summed E-state index contributed by atoms with van der Waals surface area (Å²) < 4.78 is 1.70. The molecule has 8 heteroatoms. The molecule has 1 fully saturated rings. The quantitative estimate of drug-likeness (QED) is 0.778. The summed E-state index contributed by atoms with van der Waals surface area (Å²) in [5, 5.41) is 8.11. The maximum atomic E-state index is 12.7. The topological polar surface area (TPSA) is 67.2 Å². The number of nitrogens with zero attached hydrogens (tertiary/aromatic N) is 3. The first-order valence-corrected chi connectivity index (χ1v) is 10.6. The second kappa shape index (κ2) is 7.56. The van der Waals surface area contributed by atoms with Crippen molar-refractivity contribution in [3.05, 3.63) is 40.5 Å². The summed E-state index contributed by atoms with van der Waals surface area (Å²) in [7, 11) is 0. The standard InChI is InChI=1S/C19H21ClN4O2S/c1-12-3-2-8-23(9-12)19(26)18(25)21-17-15-10-27-11-16(15)22-24(17)14-6-4-13(20)5-7-14/h4-7,12H,2-3,8-11H2,1H3,(H,21,25)/t12-/m0/s1. The van der Waals surface area contributed by atoms with Crippen LogP contribution in [0.5, 0.6) is 0 Å². The summed E-state index contributed by atoms with van der Waals surface area (Å²) in [4.78, 5) is 27.0. The molecule has 2 amide bonds. The fourth-order valence-electron chi connectivity index (χ4n) is 3.59. The third kappa shape index (κ3) is 3.71. The molecule has 0 aliphatic carbocycles. The van der Waals surface area contributed by atoms with E-state index in [0.29, 0.717) is 29.8 Å². The molecule has 2 aliphatic heterocycles. The van der Waals surface area contributed by atoms with Gasteiger partial charge in [0.15, 0.2) is 0 Å². The van der Waals surface area contributed by atoms with Crippen molar-refractivity contribution in [2.45, 2.75) is 31.3 Å². The molecule has 0 unspecified atom stereocenters. The predicted octanol–water partition coefficient (Wildman–Crippen LogP) is 3.47. The zero-order valence-corrected chi connectivity index (χ0v) is 16.6. The van der Waals surface area contributed by atoms with Crippen LogP contribution in [0.2, 0.25) is 5.02 Å². The lowest BCUT2D eigenvalue weighted by Gasteiger charge is -2.30. The highest BCUT2D eigenvalue weighted by atomic mass is 35.5. The predicted molar refractivity (Wildman–Crippen MR) is 107 cm³/mol. The monoisotopic (exact) mass is 404 g/mol. The zero-order valence-electron chi connectivity index (χ0n) is 15.1. The van der Waals surface area contributed by atoms with Gasteiger partial charge < -0.3 is 10.2 Å². The van der Waals surface area contributed by atoms with E-state index < -0.39 is 11.8 Å². The van der Waals surface area contributed by atoms with Gasteiger partial charge in [-0.15, -0.1) is 0 Å². The van der Waals surface area contributed by atoms with E-state index in [1.165, 1.54) is 0 Å². The average molecular weight is 405 g/mol. The molecular formula is C19H21ClN4O2S. The molecule has 142 valence electrons. The van der Waals surface area contributed by atoms with Crippen molar-refractivity contribution in [3.63, 3.8) is 0 Å². The summed E-state index contributed by atoms with van der Waals surface area (Å²) in [6, 6.07) is 7.26. The third-order valence-corrected chi connectivity index (χ3v) is 6.22. The van der Waals surface area contributed by atoms with Gasteiger partial charge in [0.2, 0.25) is 0 Å². The molecule has 0 saturated carbocycles. The van der Waals surface area contributed by atoms with Crippen molar-refractivity contribution in [3.8, 4) is 5.69 Å². The summed E-state index contributed by atoms with van der Waals surface area (Å²) in [5.74, 6) is 1.52. The fraction of sp³-hybridized carbons (Fsp3) is 0.421. The number of benzene rings is 1. The van der Waals surface area contributed by atoms with E-state index in [2.05, 4.69) is 17.3 Å². The SMILES string of the molecule is C[C@H]1CCCN(C(=O)C(=O)Nc2c3c(nn2-c2ccc(Cl)cc2)CSC3)C1. The van der Waals surface area contributed by atoms with Gasteiger partial charge in [-0.25, -0.2) is 4.68 Å². The number of amides is 2. The fourth-order valence-corrected chi connectivity index (χ4v) is 4.75. The van der Waals surface area contributed by atoms with Crippen molar-refractivity contribution < 1.29 is 9.59 Å². The van der Waals surface area contributed by atoms with Crippen molar-refractivity contribution >= 4 is 41.0 Å². The number of aromatic nitrogens is 2. The molecule has 27 heavy (non-hydrogen) atoms. The van der Waals surface area contributed by atoms with Crippen LogP contribution in [-0.4, -0.2) is 39.6 Å². The van der Waals surface area contributed by atoms with Crippen LogP contribution < -0.4 is 5.32 Å². The van der Waals surface area contributed by atoms with Gasteiger partial charge >= 0.3 is 11.8 Å². The summed E-state index contributed by atoms with van der Waals surface area (Å²) in [5.41, 5.74) is 2.74. The van der Waals surface area contributed by atoms with Crippen molar-refractivity contribution in [1.29, 1.82) is 0 Å². The number of fused-ring (bicyclic) bond motifs is 1. The number of anilines is 1. The maximum Gasteiger partial charge on any atom is 0.315 e. The number of nitrogens with one attached hydrogen (secondary N) is 1. The molecule has 0 spiro atoms. The van der Waals surface area contributed by atoms with Crippen LogP contribution in [0.4, 0.5) is 5.82 Å². The Morgan fingerprint density at radius 3 is 2.78 bits per heavy atom. The van der Waals surface area contributed by atoms with Gasteiger partial charge in [0.25, 0.3) is 0 Å². The summed E-state index contributed by atoms with van der Waals surface area (Å²) >= 11 is 7.73. The van der Waals surface area contributed by atoms with Crippen LogP contribution in [0, 0.1) is 5.92 Å². The highest BCUT2D eigenvalue weighted by Gasteiger charge is 2.30. The van der Waals surface area contributed by atoms with Crippen molar-refractivity contribution in [2.75, 3.05) is 18.4 Å². The Kier molecular flexibility index (Phi) is 5.14. The van der Waals surface area contributed by atoms with E-state index >= 15 is 0 Å². The number of halogens is 1. The van der Waals surface area contributed by atoms with Gasteiger partial charge in [-0.05, 0) is 43.0 Å². The number of carbonyl (C=O) groups excluding carboxylic acids is 2. The van der Waals surface area contributed by atoms with Crippen LogP contribution in [0.25, 0.3) is 5.69 Å². The number of rotatable bonds is 2. The molecule has 1 atom stereocenters. The van der Waals surface area contributed by atoms with E-state index in [-0.39, 0.29) is 0 Å². The first-order chi connectivity index (χ1) is 13.0. The van der Waals surface area contributed by atoms with Crippen molar-refractivity contribution in [1.82, 2.24) is 14.7 Å². The number of thioether (sulfide) groups is 1. The lowest BCUT2D eigenvalue weighted by Crippen LogP contribution is -2.45. The van der Waals surface area contributed by atoms with Crippen LogP contribution >= 0.6 is 23.4 Å². The van der Waals surface area contributed by atoms with Crippen LogP contribution in [0.3, 0.4) is 0 Å². The molecule has 4 rings (SSSR count). The van der Waals surface area contributed by atoms with E-state index in [1.54, 1.807) is 33.5 Å². The van der Waals surface area contributed by atoms with Gasteiger partial charge in [0.05, 0.1) is 11.4 Å². The molecule has 3 heterocycles. The van der Waals surface area contributed by atoms with Gasteiger partial charge in [-0.2, -0.15) is 16.9 Å². The Morgan fingerprint density at radius 1 is 1.26 bits per heavy atom. The highest BCUT2D eigenvalue weighted by Crippen LogP contribution is 2.36. The van der Waals surface area contributed by atoms with E-state index in [4.69, 9.17) is 11.6 Å². The van der Waals surface area contributed by atoms with Gasteiger partial charge in [0.1, 0.15) is 5.82 Å². The van der Waals surface area contributed by atoms with E-state index in [9.17, 15) is 9.59 Å². The van der Waals surface area contributed by atoms with Crippen molar-refractivity contribution in [2.24, 2.45) is 5.92 Å². The minimum Gasteiger partial charge on any atom is -0.334 e. The number of piperidine rings is 1. The average Bonchev–Trinajstić information content (AvgIpc) is 3.24. The molecule has 1 saturated heterocycles. The highest BCUT2D eigenvalue weighted by molar-refractivity contribution is 7.98. The Balaban J connectivity index is 1.60. The molecule has 2 aromatic rings. The van der Waals surface area contributed by atoms with Gasteiger partial charge in [-0.3, -0.25) is 9.59 Å². The summed E-state index contributed by atoms with van der Waals surface area (Å²) in [6.07, 6.45) is 2.04. The Hall–Kier alpha value is -1.99. The second-order valence-electron chi connectivity index (χ2n) is 7.11. The number of hydrogen-bond donors (Lipinski definition) is 1. The van der Waals surface area contributed by atoms with E-state index in [1.807, 2.05) is 12.1 Å². The van der Waals surface area contributed by atoms with Crippen LogP contribution in [0.1, 0.15) is 31.0 Å². The van der Waals surface area contributed by atoms with Crippen LogP contribution in [-0.2, 0) is 21.1 Å². The molecule has 2 aliphatic rings. The smallest absolute Gasteiger partial charge is 0.315 e. The zero-order chi connectivity index (χ0) is 19.0. The molecule has 1 aromatic heterocycles. The first kappa shape index (κ1) is 18.4. The molecule has 1 N–H and O–H groups in total. The minimum absolute atomic E-state index is 0.427. The lowest BCUT2D eigenvalue weighted by atomic mass is 10.0. The number of carbonyl (C=O) groups is 2. The first-order valence-electron chi connectivity index (χ1n) is 9.07. The molecule has 0 radical (unpaired) electrons. The molecule has 1 aromatic carbocycles. The Bertz CT molecular complexity index is 881. The number of hydrogen-bond acceptors (Lipinski definition) is 4. The second-order valence-corrected chi connectivity index (χ2v) is 8.53. The molecular weight excluding hydrogens is 384 g/mol. The normalized spacial score (nSPS) is 19.0. The maximum absolute atomic E-state index is 12.7. The molecule has 0 bridgehead atoms. The lowest BCUT2D eigenvalue weighted by molar-refractivity contribution is -0.144.